The molecule has 5 nitrogen and oxygen atoms in total. The molecular weight excluding hydrogens is 290 g/mol. The fourth-order valence-corrected chi connectivity index (χ4v) is 2.35. The van der Waals surface area contributed by atoms with Crippen LogP contribution in [0, 0.1) is 5.41 Å². The maximum Gasteiger partial charge on any atom is 0.225 e. The Labute approximate surface area is 134 Å². The summed E-state index contributed by atoms with van der Waals surface area (Å²) in [5.41, 5.74) is -0.401. The van der Waals surface area contributed by atoms with Crippen molar-refractivity contribution in [2.75, 3.05) is 26.2 Å². The summed E-state index contributed by atoms with van der Waals surface area (Å²) in [5, 5.41) is 6.14. The second-order valence-corrected chi connectivity index (χ2v) is 6.49. The molecule has 1 aliphatic rings. The standard InChI is InChI=1S/C15H29N3O2.ClH/c1-5-10-18(12-6-8-16-11-12)13(19)7-9-17-14(20)15(2,3)4;/h12,16H,5-11H2,1-4H3,(H,17,20);1H. The number of nitrogens with one attached hydrogen (secondary N) is 2. The Kier molecular flexibility index (Phi) is 8.90. The Hall–Kier alpha value is -0.810. The number of rotatable bonds is 6. The highest BCUT2D eigenvalue weighted by molar-refractivity contribution is 5.85. The molecular formula is C15H30ClN3O2. The molecule has 1 atom stereocenters. The van der Waals surface area contributed by atoms with E-state index >= 15 is 0 Å². The Balaban J connectivity index is 0.00000400. The lowest BCUT2D eigenvalue weighted by Gasteiger charge is -2.28. The smallest absolute Gasteiger partial charge is 0.225 e. The zero-order chi connectivity index (χ0) is 15.2. The van der Waals surface area contributed by atoms with Crippen LogP contribution in [0.15, 0.2) is 0 Å². The molecule has 6 heteroatoms. The van der Waals surface area contributed by atoms with Crippen molar-refractivity contribution in [1.29, 1.82) is 0 Å². The molecule has 1 heterocycles. The SMILES string of the molecule is CCCN(C(=O)CCNC(=O)C(C)(C)C)C1CCNC1.Cl. The molecule has 124 valence electrons. The van der Waals surface area contributed by atoms with E-state index in [1.165, 1.54) is 0 Å². The van der Waals surface area contributed by atoms with Gasteiger partial charge >= 0.3 is 0 Å². The summed E-state index contributed by atoms with van der Waals surface area (Å²) in [6, 6.07) is 0.320. The van der Waals surface area contributed by atoms with E-state index in [9.17, 15) is 9.59 Å². The van der Waals surface area contributed by atoms with Crippen LogP contribution in [0.5, 0.6) is 0 Å². The largest absolute Gasteiger partial charge is 0.355 e. The minimum absolute atomic E-state index is 0. The number of halogens is 1. The van der Waals surface area contributed by atoms with Crippen LogP contribution in [-0.2, 0) is 9.59 Å². The van der Waals surface area contributed by atoms with Gasteiger partial charge in [-0.15, -0.1) is 12.4 Å². The normalized spacial score (nSPS) is 18.0. The summed E-state index contributed by atoms with van der Waals surface area (Å²) >= 11 is 0. The molecule has 0 bridgehead atoms. The summed E-state index contributed by atoms with van der Waals surface area (Å²) in [7, 11) is 0. The van der Waals surface area contributed by atoms with Gasteiger partial charge in [0.2, 0.25) is 11.8 Å². The third-order valence-electron chi connectivity index (χ3n) is 3.57. The molecule has 1 rings (SSSR count). The third-order valence-corrected chi connectivity index (χ3v) is 3.57. The second kappa shape index (κ2) is 9.26. The number of amides is 2. The van der Waals surface area contributed by atoms with Crippen molar-refractivity contribution in [3.8, 4) is 0 Å². The Morgan fingerprint density at radius 1 is 1.33 bits per heavy atom. The lowest BCUT2D eigenvalue weighted by atomic mass is 9.96. The van der Waals surface area contributed by atoms with Gasteiger partial charge in [-0.05, 0) is 19.4 Å². The minimum atomic E-state index is -0.401. The number of hydrogen-bond donors (Lipinski definition) is 2. The van der Waals surface area contributed by atoms with Gasteiger partial charge in [-0.2, -0.15) is 0 Å². The predicted molar refractivity (Wildman–Crippen MR) is 87.6 cm³/mol. The lowest BCUT2D eigenvalue weighted by Crippen LogP contribution is -2.44. The fourth-order valence-electron chi connectivity index (χ4n) is 2.35. The van der Waals surface area contributed by atoms with E-state index in [2.05, 4.69) is 17.6 Å². The predicted octanol–water partition coefficient (Wildman–Crippen LogP) is 1.56. The van der Waals surface area contributed by atoms with E-state index in [4.69, 9.17) is 0 Å². The van der Waals surface area contributed by atoms with Crippen LogP contribution in [0.3, 0.4) is 0 Å². The number of hydrogen-bond acceptors (Lipinski definition) is 3. The van der Waals surface area contributed by atoms with Crippen molar-refractivity contribution in [2.24, 2.45) is 5.41 Å². The molecule has 1 unspecified atom stereocenters. The molecule has 0 saturated carbocycles. The van der Waals surface area contributed by atoms with Crippen molar-refractivity contribution < 1.29 is 9.59 Å². The highest BCUT2D eigenvalue weighted by atomic mass is 35.5. The van der Waals surface area contributed by atoms with Crippen LogP contribution in [0.4, 0.5) is 0 Å². The van der Waals surface area contributed by atoms with E-state index in [0.29, 0.717) is 19.0 Å². The highest BCUT2D eigenvalue weighted by Crippen LogP contribution is 2.13. The first-order valence-electron chi connectivity index (χ1n) is 7.64. The summed E-state index contributed by atoms with van der Waals surface area (Å²) in [4.78, 5) is 26.0. The number of carbonyl (C=O) groups is 2. The molecule has 0 aromatic heterocycles. The summed E-state index contributed by atoms with van der Waals surface area (Å²) in [6.07, 6.45) is 2.38. The molecule has 2 amide bonds. The Morgan fingerprint density at radius 2 is 2.00 bits per heavy atom. The summed E-state index contributed by atoms with van der Waals surface area (Å²) in [5.74, 6) is 0.143. The molecule has 0 radical (unpaired) electrons. The van der Waals surface area contributed by atoms with E-state index < -0.39 is 5.41 Å². The van der Waals surface area contributed by atoms with Gasteiger partial charge < -0.3 is 15.5 Å². The average Bonchev–Trinajstić information content (AvgIpc) is 2.87. The van der Waals surface area contributed by atoms with Crippen molar-refractivity contribution in [3.63, 3.8) is 0 Å². The van der Waals surface area contributed by atoms with Crippen molar-refractivity contribution >= 4 is 24.2 Å². The van der Waals surface area contributed by atoms with Crippen molar-refractivity contribution in [1.82, 2.24) is 15.5 Å². The van der Waals surface area contributed by atoms with Gasteiger partial charge in [-0.3, -0.25) is 9.59 Å². The average molecular weight is 320 g/mol. The number of carbonyl (C=O) groups excluding carboxylic acids is 2. The van der Waals surface area contributed by atoms with E-state index in [1.807, 2.05) is 25.7 Å². The molecule has 0 aromatic carbocycles. The maximum atomic E-state index is 12.3. The van der Waals surface area contributed by atoms with Crippen LogP contribution in [0.2, 0.25) is 0 Å². The van der Waals surface area contributed by atoms with Gasteiger partial charge in [0, 0.05) is 37.5 Å². The monoisotopic (exact) mass is 319 g/mol. The van der Waals surface area contributed by atoms with Crippen LogP contribution >= 0.6 is 12.4 Å². The first-order chi connectivity index (χ1) is 9.36. The molecule has 1 fully saturated rings. The molecule has 21 heavy (non-hydrogen) atoms. The van der Waals surface area contributed by atoms with Gasteiger partial charge in [-0.1, -0.05) is 27.7 Å². The van der Waals surface area contributed by atoms with Gasteiger partial charge in [0.1, 0.15) is 0 Å². The zero-order valence-corrected chi connectivity index (χ0v) is 14.5. The van der Waals surface area contributed by atoms with Crippen LogP contribution < -0.4 is 10.6 Å². The Morgan fingerprint density at radius 3 is 2.48 bits per heavy atom. The van der Waals surface area contributed by atoms with Crippen molar-refractivity contribution in [3.05, 3.63) is 0 Å². The zero-order valence-electron chi connectivity index (χ0n) is 13.7. The molecule has 0 aliphatic carbocycles. The molecule has 1 aliphatic heterocycles. The topological polar surface area (TPSA) is 61.4 Å². The van der Waals surface area contributed by atoms with E-state index in [0.717, 1.165) is 32.5 Å². The first-order valence-corrected chi connectivity index (χ1v) is 7.64. The third kappa shape index (κ3) is 6.66. The van der Waals surface area contributed by atoms with Crippen molar-refractivity contribution in [2.45, 2.75) is 53.0 Å². The molecule has 0 aromatic rings. The highest BCUT2D eigenvalue weighted by Gasteiger charge is 2.26. The quantitative estimate of drug-likeness (QED) is 0.781. The summed E-state index contributed by atoms with van der Waals surface area (Å²) in [6.45, 7) is 10.8. The number of nitrogens with zero attached hydrogens (tertiary/aromatic N) is 1. The van der Waals surface area contributed by atoms with E-state index in [1.54, 1.807) is 0 Å². The van der Waals surface area contributed by atoms with Gasteiger partial charge in [0.05, 0.1) is 0 Å². The molecule has 1 saturated heterocycles. The first kappa shape index (κ1) is 20.2. The fraction of sp³-hybridized carbons (Fsp3) is 0.867. The minimum Gasteiger partial charge on any atom is -0.355 e. The maximum absolute atomic E-state index is 12.3. The van der Waals surface area contributed by atoms with Crippen LogP contribution in [0.25, 0.3) is 0 Å². The molecule has 2 N–H and O–H groups in total. The molecule has 0 spiro atoms. The van der Waals surface area contributed by atoms with Gasteiger partial charge in [0.25, 0.3) is 0 Å². The van der Waals surface area contributed by atoms with E-state index in [-0.39, 0.29) is 24.2 Å². The second-order valence-electron chi connectivity index (χ2n) is 6.49. The lowest BCUT2D eigenvalue weighted by molar-refractivity contribution is -0.133. The van der Waals surface area contributed by atoms with Crippen LogP contribution in [-0.4, -0.2) is 48.9 Å². The van der Waals surface area contributed by atoms with Gasteiger partial charge in [0.15, 0.2) is 0 Å². The Bertz CT molecular complexity index is 336. The van der Waals surface area contributed by atoms with Crippen LogP contribution in [0.1, 0.15) is 47.0 Å². The van der Waals surface area contributed by atoms with Gasteiger partial charge in [-0.25, -0.2) is 0 Å². The summed E-state index contributed by atoms with van der Waals surface area (Å²) < 4.78 is 0.